The van der Waals surface area contributed by atoms with E-state index in [2.05, 4.69) is 5.32 Å². The maximum absolute atomic E-state index is 12.5. The first kappa shape index (κ1) is 21.2. The van der Waals surface area contributed by atoms with E-state index >= 15 is 0 Å². The van der Waals surface area contributed by atoms with Crippen LogP contribution in [-0.2, 0) is 17.8 Å². The lowest BCUT2D eigenvalue weighted by Gasteiger charge is -2.16. The van der Waals surface area contributed by atoms with Gasteiger partial charge in [0.15, 0.2) is 17.6 Å². The van der Waals surface area contributed by atoms with Gasteiger partial charge < -0.3 is 23.9 Å². The van der Waals surface area contributed by atoms with Gasteiger partial charge in [0, 0.05) is 24.1 Å². The average molecular weight is 411 g/mol. The molecule has 0 aliphatic rings. The van der Waals surface area contributed by atoms with E-state index in [4.69, 9.17) is 18.6 Å². The van der Waals surface area contributed by atoms with Crippen LogP contribution in [0.1, 0.15) is 25.0 Å². The lowest BCUT2D eigenvalue weighted by atomic mass is 10.1. The zero-order valence-electron chi connectivity index (χ0n) is 17.5. The summed E-state index contributed by atoms with van der Waals surface area (Å²) in [5.74, 6) is 1.40. The third-order valence-electron chi connectivity index (χ3n) is 4.78. The molecule has 0 aliphatic carbocycles. The largest absolute Gasteiger partial charge is 0.493 e. The number of carbonyl (C=O) groups excluding carboxylic acids is 1. The van der Waals surface area contributed by atoms with E-state index in [1.165, 1.54) is 6.07 Å². The van der Waals surface area contributed by atoms with Crippen LogP contribution in [0.3, 0.4) is 0 Å². The molecule has 1 atom stereocenters. The molecule has 30 heavy (non-hydrogen) atoms. The van der Waals surface area contributed by atoms with Crippen molar-refractivity contribution in [1.29, 1.82) is 0 Å². The van der Waals surface area contributed by atoms with Crippen LogP contribution in [0.25, 0.3) is 11.0 Å². The molecule has 0 saturated carbocycles. The van der Waals surface area contributed by atoms with Crippen LogP contribution in [0.2, 0.25) is 0 Å². The van der Waals surface area contributed by atoms with Crippen molar-refractivity contribution in [3.8, 4) is 17.2 Å². The van der Waals surface area contributed by atoms with E-state index in [1.807, 2.05) is 19.1 Å². The molecule has 3 aromatic rings. The normalized spacial score (nSPS) is 11.7. The van der Waals surface area contributed by atoms with Crippen molar-refractivity contribution in [3.63, 3.8) is 0 Å². The number of hydrogen-bond donors (Lipinski definition) is 1. The number of methoxy groups -OCH3 is 2. The van der Waals surface area contributed by atoms with Gasteiger partial charge in [-0.2, -0.15) is 0 Å². The van der Waals surface area contributed by atoms with Crippen LogP contribution in [-0.4, -0.2) is 26.2 Å². The number of nitrogens with one attached hydrogen (secondary N) is 1. The van der Waals surface area contributed by atoms with Crippen molar-refractivity contribution in [1.82, 2.24) is 5.32 Å². The van der Waals surface area contributed by atoms with Gasteiger partial charge in [0.25, 0.3) is 5.91 Å². The summed E-state index contributed by atoms with van der Waals surface area (Å²) < 4.78 is 21.5. The van der Waals surface area contributed by atoms with Gasteiger partial charge in [-0.25, -0.2) is 4.79 Å². The Kier molecular flexibility index (Phi) is 6.61. The quantitative estimate of drug-likeness (QED) is 0.571. The van der Waals surface area contributed by atoms with Gasteiger partial charge in [0.2, 0.25) is 0 Å². The zero-order chi connectivity index (χ0) is 21.7. The molecule has 0 spiro atoms. The van der Waals surface area contributed by atoms with Gasteiger partial charge in [-0.15, -0.1) is 0 Å². The van der Waals surface area contributed by atoms with Crippen LogP contribution >= 0.6 is 0 Å². The number of ether oxygens (including phenoxy) is 3. The van der Waals surface area contributed by atoms with Crippen molar-refractivity contribution in [2.45, 2.75) is 32.9 Å². The fourth-order valence-electron chi connectivity index (χ4n) is 3.16. The fraction of sp³-hybridized carbons (Fsp3) is 0.304. The number of hydrogen-bond acceptors (Lipinski definition) is 6. The van der Waals surface area contributed by atoms with Crippen molar-refractivity contribution >= 4 is 16.9 Å². The maximum Gasteiger partial charge on any atom is 0.336 e. The molecular formula is C23H25NO6. The molecule has 7 nitrogen and oxygen atoms in total. The molecular weight excluding hydrogens is 386 g/mol. The Morgan fingerprint density at radius 1 is 1.07 bits per heavy atom. The van der Waals surface area contributed by atoms with E-state index in [-0.39, 0.29) is 5.91 Å². The third-order valence-corrected chi connectivity index (χ3v) is 4.78. The first-order chi connectivity index (χ1) is 14.4. The van der Waals surface area contributed by atoms with E-state index < -0.39 is 11.7 Å². The predicted molar refractivity (Wildman–Crippen MR) is 113 cm³/mol. The number of fused-ring (bicyclic) bond motifs is 1. The molecule has 0 bridgehead atoms. The molecule has 1 aromatic heterocycles. The summed E-state index contributed by atoms with van der Waals surface area (Å²) in [6, 6.07) is 12.2. The highest BCUT2D eigenvalue weighted by atomic mass is 16.5. The van der Waals surface area contributed by atoms with Crippen molar-refractivity contribution in [3.05, 3.63) is 64.0 Å². The molecule has 2 aromatic carbocycles. The monoisotopic (exact) mass is 411 g/mol. The Morgan fingerprint density at radius 3 is 2.53 bits per heavy atom. The number of rotatable bonds is 8. The molecule has 0 radical (unpaired) electrons. The second-order valence-electron chi connectivity index (χ2n) is 6.77. The van der Waals surface area contributed by atoms with Crippen molar-refractivity contribution in [2.24, 2.45) is 0 Å². The second kappa shape index (κ2) is 9.35. The minimum absolute atomic E-state index is 0.270. The van der Waals surface area contributed by atoms with Crippen molar-refractivity contribution < 1.29 is 23.4 Å². The predicted octanol–water partition coefficient (Wildman–Crippen LogP) is 3.46. The van der Waals surface area contributed by atoms with Crippen LogP contribution in [0.4, 0.5) is 0 Å². The molecule has 1 amide bonds. The first-order valence-electron chi connectivity index (χ1n) is 9.67. The standard InChI is InChI=1S/C23H25NO6/c1-5-16-11-22(25)30-20-12-17(7-8-18(16)20)29-14(2)23(26)24-13-15-6-9-19(27-3)21(10-15)28-4/h6-12,14H,5,13H2,1-4H3,(H,24,26)/t14-/m1/s1. The van der Waals surface area contributed by atoms with Gasteiger partial charge in [-0.05, 0) is 48.7 Å². The zero-order valence-corrected chi connectivity index (χ0v) is 17.5. The second-order valence-corrected chi connectivity index (χ2v) is 6.77. The summed E-state index contributed by atoms with van der Waals surface area (Å²) in [6.07, 6.45) is -0.0132. The highest BCUT2D eigenvalue weighted by Gasteiger charge is 2.16. The lowest BCUT2D eigenvalue weighted by Crippen LogP contribution is -2.35. The van der Waals surface area contributed by atoms with Crippen LogP contribution < -0.4 is 25.2 Å². The van der Waals surface area contributed by atoms with E-state index in [1.54, 1.807) is 45.4 Å². The molecule has 0 fully saturated rings. The van der Waals surface area contributed by atoms with E-state index in [9.17, 15) is 9.59 Å². The fourth-order valence-corrected chi connectivity index (χ4v) is 3.16. The molecule has 3 rings (SSSR count). The van der Waals surface area contributed by atoms with Gasteiger partial charge in [-0.1, -0.05) is 13.0 Å². The molecule has 0 unspecified atom stereocenters. The Morgan fingerprint density at radius 2 is 1.83 bits per heavy atom. The van der Waals surface area contributed by atoms with Gasteiger partial charge >= 0.3 is 5.63 Å². The Bertz CT molecular complexity index is 1100. The third kappa shape index (κ3) is 4.74. The minimum Gasteiger partial charge on any atom is -0.493 e. The van der Waals surface area contributed by atoms with E-state index in [0.29, 0.717) is 29.4 Å². The summed E-state index contributed by atoms with van der Waals surface area (Å²) >= 11 is 0. The Balaban J connectivity index is 1.66. The molecule has 0 aliphatic heterocycles. The summed E-state index contributed by atoms with van der Waals surface area (Å²) in [4.78, 5) is 24.2. The van der Waals surface area contributed by atoms with E-state index in [0.717, 1.165) is 22.9 Å². The summed E-state index contributed by atoms with van der Waals surface area (Å²) in [5, 5.41) is 3.70. The molecule has 1 N–H and O–H groups in total. The average Bonchev–Trinajstić information content (AvgIpc) is 2.76. The van der Waals surface area contributed by atoms with Gasteiger partial charge in [0.1, 0.15) is 11.3 Å². The molecule has 7 heteroatoms. The summed E-state index contributed by atoms with van der Waals surface area (Å²) in [5.41, 5.74) is 1.81. The van der Waals surface area contributed by atoms with Gasteiger partial charge in [0.05, 0.1) is 14.2 Å². The maximum atomic E-state index is 12.5. The molecule has 1 heterocycles. The Labute approximate surface area is 174 Å². The van der Waals surface area contributed by atoms with Gasteiger partial charge in [-0.3, -0.25) is 4.79 Å². The topological polar surface area (TPSA) is 87.0 Å². The highest BCUT2D eigenvalue weighted by Crippen LogP contribution is 2.27. The Hall–Kier alpha value is -3.48. The number of carbonyl (C=O) groups is 1. The number of benzene rings is 2. The lowest BCUT2D eigenvalue weighted by molar-refractivity contribution is -0.127. The number of aryl methyl sites for hydroxylation is 1. The SMILES string of the molecule is CCc1cc(=O)oc2cc(O[C@H](C)C(=O)NCc3ccc(OC)c(OC)c3)ccc12. The summed E-state index contributed by atoms with van der Waals surface area (Å²) in [6.45, 7) is 3.95. The molecule has 158 valence electrons. The molecule has 0 saturated heterocycles. The van der Waals surface area contributed by atoms with Crippen LogP contribution in [0.15, 0.2) is 51.7 Å². The van der Waals surface area contributed by atoms with Crippen molar-refractivity contribution in [2.75, 3.05) is 14.2 Å². The smallest absolute Gasteiger partial charge is 0.336 e. The van der Waals surface area contributed by atoms with Crippen LogP contribution in [0.5, 0.6) is 17.2 Å². The van der Waals surface area contributed by atoms with Crippen LogP contribution in [0, 0.1) is 0 Å². The first-order valence-corrected chi connectivity index (χ1v) is 9.67. The summed E-state index contributed by atoms with van der Waals surface area (Å²) in [7, 11) is 3.13. The highest BCUT2D eigenvalue weighted by molar-refractivity contribution is 5.83. The number of amides is 1. The minimum atomic E-state index is -0.733.